The van der Waals surface area contributed by atoms with E-state index in [9.17, 15) is 18.8 Å². The summed E-state index contributed by atoms with van der Waals surface area (Å²) in [5.41, 5.74) is 2.24. The molecule has 2 amide bonds. The summed E-state index contributed by atoms with van der Waals surface area (Å²) < 4.78 is 22.1. The highest BCUT2D eigenvalue weighted by Crippen LogP contribution is 2.47. The van der Waals surface area contributed by atoms with Gasteiger partial charge < -0.3 is 19.9 Å². The van der Waals surface area contributed by atoms with E-state index in [4.69, 9.17) is 16.3 Å². The fourth-order valence-corrected chi connectivity index (χ4v) is 6.86. The van der Waals surface area contributed by atoms with Crippen molar-refractivity contribution in [2.24, 2.45) is 5.41 Å². The van der Waals surface area contributed by atoms with Crippen molar-refractivity contribution in [3.8, 4) is 0 Å². The number of ether oxygens (including phenoxy) is 1. The Morgan fingerprint density at radius 3 is 2.60 bits per heavy atom. The van der Waals surface area contributed by atoms with Crippen molar-refractivity contribution < 1.29 is 23.5 Å². The number of halogens is 2. The van der Waals surface area contributed by atoms with Crippen LogP contribution in [0.3, 0.4) is 0 Å². The Morgan fingerprint density at radius 2 is 1.83 bits per heavy atom. The average molecular weight is 674 g/mol. The molecule has 48 heavy (non-hydrogen) atoms. The minimum Gasteiger partial charge on any atom is -0.462 e. The van der Waals surface area contributed by atoms with E-state index in [2.05, 4.69) is 25.5 Å². The SMILES string of the molecule is CN(C)c1ccn2ncc(C(=O)OCCc3cnc4c(C(=O)N[C@H]5CC[C@@]6(CCN(c7ccc(F)cc7Cl)C6=O)CC5)cnn4c3)c2n1. The van der Waals surface area contributed by atoms with E-state index in [1.807, 2.05) is 19.0 Å². The fraction of sp³-hybridized carbons (Fsp3) is 0.364. The molecule has 1 aliphatic carbocycles. The van der Waals surface area contributed by atoms with Crippen LogP contribution < -0.4 is 15.1 Å². The summed E-state index contributed by atoms with van der Waals surface area (Å²) in [4.78, 5) is 52.0. The molecule has 0 radical (unpaired) electrons. The average Bonchev–Trinajstić information content (AvgIpc) is 3.78. The van der Waals surface area contributed by atoms with Crippen LogP contribution in [0.25, 0.3) is 11.3 Å². The number of nitrogens with zero attached hydrogens (tertiary/aromatic N) is 8. The van der Waals surface area contributed by atoms with Gasteiger partial charge in [0.15, 0.2) is 11.3 Å². The lowest BCUT2D eigenvalue weighted by Gasteiger charge is -2.36. The van der Waals surface area contributed by atoms with Crippen molar-refractivity contribution in [2.45, 2.75) is 44.6 Å². The zero-order valence-corrected chi connectivity index (χ0v) is 27.2. The molecule has 1 spiro atoms. The molecular formula is C33H33ClFN9O4. The second-order valence-electron chi connectivity index (χ2n) is 12.5. The molecule has 1 aliphatic heterocycles. The first kappa shape index (κ1) is 31.5. The molecule has 5 aromatic rings. The van der Waals surface area contributed by atoms with Gasteiger partial charge in [-0.2, -0.15) is 10.2 Å². The van der Waals surface area contributed by atoms with Crippen LogP contribution in [-0.4, -0.2) is 80.3 Å². The normalized spacial score (nSPS) is 19.4. The van der Waals surface area contributed by atoms with Crippen molar-refractivity contribution >= 4 is 52.2 Å². The van der Waals surface area contributed by atoms with Crippen LogP contribution in [0.1, 0.15) is 58.4 Å². The van der Waals surface area contributed by atoms with E-state index in [-0.39, 0.29) is 35.0 Å². The molecule has 7 rings (SSSR count). The fourth-order valence-electron chi connectivity index (χ4n) is 6.59. The minimum absolute atomic E-state index is 0.00394. The summed E-state index contributed by atoms with van der Waals surface area (Å²) in [5, 5.41) is 11.8. The van der Waals surface area contributed by atoms with Gasteiger partial charge in [-0.1, -0.05) is 11.6 Å². The first-order valence-electron chi connectivity index (χ1n) is 15.7. The maximum Gasteiger partial charge on any atom is 0.343 e. The first-order valence-corrected chi connectivity index (χ1v) is 16.1. The Balaban J connectivity index is 0.932. The van der Waals surface area contributed by atoms with Gasteiger partial charge in [0.05, 0.1) is 35.1 Å². The Hall–Kier alpha value is -5.11. The smallest absolute Gasteiger partial charge is 0.343 e. The lowest BCUT2D eigenvalue weighted by Crippen LogP contribution is -2.43. The molecule has 2 fully saturated rings. The van der Waals surface area contributed by atoms with E-state index in [1.165, 1.54) is 33.6 Å². The standard InChI is InChI=1S/C33H33ClFN9O4/c1-41(2)27-7-12-43-29(40-27)24(18-37-43)31(46)48-14-8-20-16-36-28-23(17-38-44(28)19-20)30(45)39-22-5-9-33(10-6-22)11-13-42(32(33)47)26-4-3-21(35)15-25(26)34/h3-4,7,12,15-19,22H,5-6,8-11,13-14H2,1-2H3,(H,39,45)/t22-,33-. The van der Waals surface area contributed by atoms with Crippen LogP contribution in [0.4, 0.5) is 15.9 Å². The van der Waals surface area contributed by atoms with Gasteiger partial charge >= 0.3 is 5.97 Å². The molecule has 13 nitrogen and oxygen atoms in total. The molecule has 0 atom stereocenters. The topological polar surface area (TPSA) is 139 Å². The predicted molar refractivity (Wildman–Crippen MR) is 175 cm³/mol. The minimum atomic E-state index is -0.527. The van der Waals surface area contributed by atoms with Gasteiger partial charge in [-0.25, -0.2) is 28.2 Å². The number of hydrogen-bond donors (Lipinski definition) is 1. The van der Waals surface area contributed by atoms with E-state index >= 15 is 0 Å². The highest BCUT2D eigenvalue weighted by Gasteiger charge is 2.49. The van der Waals surface area contributed by atoms with Gasteiger partial charge in [0, 0.05) is 51.7 Å². The van der Waals surface area contributed by atoms with Gasteiger partial charge in [0.1, 0.15) is 22.8 Å². The summed E-state index contributed by atoms with van der Waals surface area (Å²) in [6.45, 7) is 0.628. The van der Waals surface area contributed by atoms with Crippen molar-refractivity contribution in [1.82, 2.24) is 34.5 Å². The largest absolute Gasteiger partial charge is 0.462 e. The molecule has 2 aliphatic rings. The van der Waals surface area contributed by atoms with E-state index in [1.54, 1.807) is 35.6 Å². The van der Waals surface area contributed by atoms with Crippen LogP contribution >= 0.6 is 11.6 Å². The molecule has 5 heterocycles. The van der Waals surface area contributed by atoms with Gasteiger partial charge in [-0.15, -0.1) is 0 Å². The highest BCUT2D eigenvalue weighted by molar-refractivity contribution is 6.34. The van der Waals surface area contributed by atoms with Gasteiger partial charge in [-0.05, 0) is 61.9 Å². The third-order valence-electron chi connectivity index (χ3n) is 9.30. The second kappa shape index (κ2) is 12.5. The van der Waals surface area contributed by atoms with Gasteiger partial charge in [0.25, 0.3) is 5.91 Å². The zero-order chi connectivity index (χ0) is 33.6. The number of rotatable bonds is 8. The van der Waals surface area contributed by atoms with E-state index in [0.717, 1.165) is 5.56 Å². The monoisotopic (exact) mass is 673 g/mol. The number of anilines is 2. The third-order valence-corrected chi connectivity index (χ3v) is 9.60. The molecule has 1 saturated heterocycles. The van der Waals surface area contributed by atoms with Crippen LogP contribution in [0.15, 0.2) is 55.2 Å². The number of benzene rings is 1. The third kappa shape index (κ3) is 5.80. The van der Waals surface area contributed by atoms with Gasteiger partial charge in [-0.3, -0.25) is 9.59 Å². The summed E-state index contributed by atoms with van der Waals surface area (Å²) >= 11 is 6.24. The van der Waals surface area contributed by atoms with Crippen molar-refractivity contribution in [3.05, 3.63) is 82.8 Å². The van der Waals surface area contributed by atoms with Crippen LogP contribution in [-0.2, 0) is 16.0 Å². The number of carbonyl (C=O) groups excluding carboxylic acids is 3. The maximum atomic E-state index is 13.6. The van der Waals surface area contributed by atoms with Gasteiger partial charge in [0.2, 0.25) is 5.91 Å². The number of nitrogens with one attached hydrogen (secondary N) is 1. The van der Waals surface area contributed by atoms with Crippen LogP contribution in [0.2, 0.25) is 5.02 Å². The lowest BCUT2D eigenvalue weighted by atomic mass is 9.71. The Labute approximate surface area is 279 Å². The van der Waals surface area contributed by atoms with Crippen molar-refractivity contribution in [2.75, 3.05) is 37.0 Å². The second-order valence-corrected chi connectivity index (χ2v) is 12.9. The van der Waals surface area contributed by atoms with E-state index < -0.39 is 17.2 Å². The zero-order valence-electron chi connectivity index (χ0n) is 26.4. The number of esters is 1. The molecule has 15 heteroatoms. The molecule has 0 unspecified atom stereocenters. The highest BCUT2D eigenvalue weighted by atomic mass is 35.5. The number of amides is 2. The molecule has 1 N–H and O–H groups in total. The predicted octanol–water partition coefficient (Wildman–Crippen LogP) is 4.13. The molecule has 0 bridgehead atoms. The van der Waals surface area contributed by atoms with Crippen molar-refractivity contribution in [3.63, 3.8) is 0 Å². The van der Waals surface area contributed by atoms with Crippen LogP contribution in [0, 0.1) is 11.2 Å². The summed E-state index contributed by atoms with van der Waals surface area (Å²) in [6, 6.07) is 5.78. The molecule has 4 aromatic heterocycles. The Morgan fingerprint density at radius 1 is 1.06 bits per heavy atom. The quantitative estimate of drug-likeness (QED) is 0.241. The molecular weight excluding hydrogens is 641 g/mol. The Bertz CT molecular complexity index is 2050. The van der Waals surface area contributed by atoms with E-state index in [0.29, 0.717) is 73.4 Å². The number of aromatic nitrogens is 6. The first-order chi connectivity index (χ1) is 23.1. The number of carbonyl (C=O) groups is 3. The number of hydrogen-bond acceptors (Lipinski definition) is 9. The maximum absolute atomic E-state index is 13.6. The summed E-state index contributed by atoms with van der Waals surface area (Å²) in [6.07, 6.45) is 11.7. The summed E-state index contributed by atoms with van der Waals surface area (Å²) in [7, 11) is 3.73. The molecule has 248 valence electrons. The lowest BCUT2D eigenvalue weighted by molar-refractivity contribution is -0.127. The number of fused-ring (bicyclic) bond motifs is 2. The van der Waals surface area contributed by atoms with Crippen molar-refractivity contribution in [1.29, 1.82) is 0 Å². The molecule has 1 aromatic carbocycles. The van der Waals surface area contributed by atoms with Crippen LogP contribution in [0.5, 0.6) is 0 Å². The molecule has 1 saturated carbocycles. The Kier molecular flexibility index (Phi) is 8.19. The summed E-state index contributed by atoms with van der Waals surface area (Å²) in [5.74, 6) is -0.555.